The van der Waals surface area contributed by atoms with Crippen LogP contribution in [0.25, 0.3) is 0 Å². The maximum absolute atomic E-state index is 11.1. The zero-order valence-corrected chi connectivity index (χ0v) is 9.57. The van der Waals surface area contributed by atoms with Crippen molar-refractivity contribution >= 4 is 5.97 Å². The summed E-state index contributed by atoms with van der Waals surface area (Å²) < 4.78 is 10.9. The number of rotatable bonds is 3. The zero-order valence-electron chi connectivity index (χ0n) is 9.57. The van der Waals surface area contributed by atoms with Crippen molar-refractivity contribution in [3.05, 3.63) is 0 Å². The minimum Gasteiger partial charge on any atom is -0.459 e. The molecule has 1 saturated heterocycles. The molecule has 0 aromatic heterocycles. The average Bonchev–Trinajstić information content (AvgIpc) is 2.93. The normalized spacial score (nSPS) is 33.5. The Morgan fingerprint density at radius 2 is 1.93 bits per heavy atom. The fourth-order valence-corrected chi connectivity index (χ4v) is 2.63. The second kappa shape index (κ2) is 4.52. The Balaban J connectivity index is 1.94. The molecule has 0 aromatic carbocycles. The molecule has 86 valence electrons. The average molecular weight is 212 g/mol. The Labute approximate surface area is 91.1 Å². The molecule has 1 aliphatic heterocycles. The quantitative estimate of drug-likeness (QED) is 0.532. The molecule has 0 radical (unpaired) electrons. The summed E-state index contributed by atoms with van der Waals surface area (Å²) in [6.07, 6.45) is 6.68. The van der Waals surface area contributed by atoms with E-state index in [1.165, 1.54) is 39.0 Å². The number of ether oxygens (including phenoxy) is 2. The van der Waals surface area contributed by atoms with Gasteiger partial charge in [0.2, 0.25) is 0 Å². The molecule has 2 rings (SSSR count). The molecule has 1 unspecified atom stereocenters. The molecule has 0 bridgehead atoms. The summed E-state index contributed by atoms with van der Waals surface area (Å²) in [6, 6.07) is 0. The summed E-state index contributed by atoms with van der Waals surface area (Å²) in [4.78, 5) is 11.1. The number of carbonyl (C=O) groups excluding carboxylic acids is 1. The molecule has 1 saturated carbocycles. The minimum atomic E-state index is -0.173. The molecule has 2 fully saturated rings. The largest absolute Gasteiger partial charge is 0.459 e. The predicted molar refractivity (Wildman–Crippen MR) is 56.5 cm³/mol. The van der Waals surface area contributed by atoms with Gasteiger partial charge in [0.05, 0.1) is 6.10 Å². The van der Waals surface area contributed by atoms with Gasteiger partial charge in [-0.15, -0.1) is 0 Å². The highest BCUT2D eigenvalue weighted by atomic mass is 16.6. The van der Waals surface area contributed by atoms with Crippen LogP contribution in [0.15, 0.2) is 0 Å². The monoisotopic (exact) mass is 212 g/mol. The molecule has 1 heterocycles. The van der Waals surface area contributed by atoms with Crippen molar-refractivity contribution < 1.29 is 14.3 Å². The van der Waals surface area contributed by atoms with E-state index in [-0.39, 0.29) is 24.3 Å². The fourth-order valence-electron chi connectivity index (χ4n) is 2.63. The number of esters is 1. The Morgan fingerprint density at radius 3 is 2.40 bits per heavy atom. The maximum Gasteiger partial charge on any atom is 0.303 e. The van der Waals surface area contributed by atoms with Gasteiger partial charge in [-0.1, -0.05) is 19.3 Å². The summed E-state index contributed by atoms with van der Waals surface area (Å²) in [6.45, 7) is 3.53. The molecule has 1 aliphatic carbocycles. The van der Waals surface area contributed by atoms with Crippen LogP contribution in [0.5, 0.6) is 0 Å². The first-order chi connectivity index (χ1) is 7.18. The van der Waals surface area contributed by atoms with Crippen molar-refractivity contribution in [2.75, 3.05) is 0 Å². The summed E-state index contributed by atoms with van der Waals surface area (Å²) in [5.41, 5.74) is 0. The molecule has 0 spiro atoms. The molecule has 0 aromatic rings. The van der Waals surface area contributed by atoms with Crippen molar-refractivity contribution in [2.45, 2.75) is 64.3 Å². The van der Waals surface area contributed by atoms with Crippen LogP contribution in [0.2, 0.25) is 0 Å². The Bertz CT molecular complexity index is 233. The van der Waals surface area contributed by atoms with Gasteiger partial charge in [0.25, 0.3) is 0 Å². The van der Waals surface area contributed by atoms with Crippen molar-refractivity contribution in [1.82, 2.24) is 0 Å². The number of hydrogen-bond donors (Lipinski definition) is 0. The molecule has 15 heavy (non-hydrogen) atoms. The van der Waals surface area contributed by atoms with Gasteiger partial charge in [-0.25, -0.2) is 0 Å². The van der Waals surface area contributed by atoms with Gasteiger partial charge < -0.3 is 9.47 Å². The Kier molecular flexibility index (Phi) is 3.29. The van der Waals surface area contributed by atoms with Crippen LogP contribution in [0.1, 0.15) is 46.0 Å². The second-order valence-corrected chi connectivity index (χ2v) is 4.78. The highest BCUT2D eigenvalue weighted by Crippen LogP contribution is 2.37. The van der Waals surface area contributed by atoms with E-state index in [1.54, 1.807) is 0 Å². The first-order valence-electron chi connectivity index (χ1n) is 6.01. The van der Waals surface area contributed by atoms with Crippen LogP contribution in [-0.2, 0) is 14.3 Å². The molecule has 0 amide bonds. The molecule has 0 N–H and O–H groups in total. The van der Waals surface area contributed by atoms with E-state index < -0.39 is 0 Å². The number of carbonyl (C=O) groups is 1. The summed E-state index contributed by atoms with van der Waals surface area (Å²) in [7, 11) is 0. The highest BCUT2D eigenvalue weighted by molar-refractivity contribution is 5.66. The Hall–Kier alpha value is -0.570. The van der Waals surface area contributed by atoms with Crippen LogP contribution in [0.4, 0.5) is 0 Å². The van der Waals surface area contributed by atoms with Gasteiger partial charge in [-0.3, -0.25) is 4.79 Å². The van der Waals surface area contributed by atoms with E-state index in [9.17, 15) is 4.79 Å². The minimum absolute atomic E-state index is 0.0119. The summed E-state index contributed by atoms with van der Waals surface area (Å²) in [5.74, 6) is 0.353. The maximum atomic E-state index is 11.1. The molecular formula is C12H20O3. The lowest BCUT2D eigenvalue weighted by Crippen LogP contribution is -2.33. The van der Waals surface area contributed by atoms with E-state index in [4.69, 9.17) is 9.47 Å². The van der Waals surface area contributed by atoms with E-state index in [2.05, 4.69) is 0 Å². The van der Waals surface area contributed by atoms with Crippen molar-refractivity contribution in [3.63, 3.8) is 0 Å². The van der Waals surface area contributed by atoms with Crippen LogP contribution >= 0.6 is 0 Å². The van der Waals surface area contributed by atoms with Gasteiger partial charge in [0, 0.05) is 6.92 Å². The van der Waals surface area contributed by atoms with Crippen LogP contribution in [-0.4, -0.2) is 24.3 Å². The Morgan fingerprint density at radius 1 is 1.33 bits per heavy atom. The van der Waals surface area contributed by atoms with E-state index in [0.717, 1.165) is 0 Å². The first kappa shape index (κ1) is 10.9. The van der Waals surface area contributed by atoms with Crippen LogP contribution in [0, 0.1) is 5.92 Å². The molecular weight excluding hydrogens is 192 g/mol. The second-order valence-electron chi connectivity index (χ2n) is 4.78. The standard InChI is InChI=1S/C12H20O3/c1-8-11(14-8)12(15-9(2)13)10-6-4-3-5-7-10/h8,10-12H,3-7H2,1-2H3/t8?,11-,12+/m1/s1. The van der Waals surface area contributed by atoms with Crippen molar-refractivity contribution in [3.8, 4) is 0 Å². The lowest BCUT2D eigenvalue weighted by atomic mass is 9.83. The third kappa shape index (κ3) is 2.71. The SMILES string of the molecule is CC(=O)O[C@@H](C1CCCCC1)[C@@H]1OC1C. The predicted octanol–water partition coefficient (Wildman–Crippen LogP) is 2.29. The van der Waals surface area contributed by atoms with E-state index in [1.807, 2.05) is 6.92 Å². The third-order valence-electron chi connectivity index (χ3n) is 3.50. The summed E-state index contributed by atoms with van der Waals surface area (Å²) >= 11 is 0. The number of epoxide rings is 1. The molecule has 2 aliphatic rings. The van der Waals surface area contributed by atoms with E-state index >= 15 is 0 Å². The summed E-state index contributed by atoms with van der Waals surface area (Å²) in [5, 5.41) is 0. The van der Waals surface area contributed by atoms with Crippen molar-refractivity contribution in [1.29, 1.82) is 0 Å². The third-order valence-corrected chi connectivity index (χ3v) is 3.50. The topological polar surface area (TPSA) is 38.8 Å². The van der Waals surface area contributed by atoms with Crippen molar-refractivity contribution in [2.24, 2.45) is 5.92 Å². The van der Waals surface area contributed by atoms with E-state index in [0.29, 0.717) is 5.92 Å². The van der Waals surface area contributed by atoms with Gasteiger partial charge in [-0.05, 0) is 25.7 Å². The molecule has 3 heteroatoms. The molecule has 3 atom stereocenters. The van der Waals surface area contributed by atoms with Gasteiger partial charge in [0.1, 0.15) is 12.2 Å². The zero-order chi connectivity index (χ0) is 10.8. The smallest absolute Gasteiger partial charge is 0.303 e. The lowest BCUT2D eigenvalue weighted by Gasteiger charge is -2.28. The van der Waals surface area contributed by atoms with Gasteiger partial charge >= 0.3 is 5.97 Å². The first-order valence-corrected chi connectivity index (χ1v) is 6.01. The molecule has 3 nitrogen and oxygen atoms in total. The van der Waals surface area contributed by atoms with Gasteiger partial charge in [0.15, 0.2) is 0 Å². The lowest BCUT2D eigenvalue weighted by molar-refractivity contribution is -0.151. The van der Waals surface area contributed by atoms with Gasteiger partial charge in [-0.2, -0.15) is 0 Å². The van der Waals surface area contributed by atoms with Crippen LogP contribution in [0.3, 0.4) is 0 Å². The number of hydrogen-bond acceptors (Lipinski definition) is 3. The van der Waals surface area contributed by atoms with Crippen LogP contribution < -0.4 is 0 Å². The fraction of sp³-hybridized carbons (Fsp3) is 0.917. The highest BCUT2D eigenvalue weighted by Gasteiger charge is 2.46.